The van der Waals surface area contributed by atoms with Crippen LogP contribution in [0.25, 0.3) is 0 Å². The summed E-state index contributed by atoms with van der Waals surface area (Å²) in [6.07, 6.45) is 3.20. The number of carbonyl (C=O) groups excluding carboxylic acids is 2. The number of carbonyl (C=O) groups is 2. The van der Waals surface area contributed by atoms with Crippen molar-refractivity contribution in [2.24, 2.45) is 0 Å². The molecule has 0 fully saturated rings. The van der Waals surface area contributed by atoms with Gasteiger partial charge in [-0.25, -0.2) is 0 Å². The van der Waals surface area contributed by atoms with Crippen LogP contribution in [0.3, 0.4) is 0 Å². The average Bonchev–Trinajstić information content (AvgIpc) is 2.75. The zero-order valence-corrected chi connectivity index (χ0v) is 18.0. The van der Waals surface area contributed by atoms with Gasteiger partial charge < -0.3 is 15.4 Å². The van der Waals surface area contributed by atoms with Gasteiger partial charge in [0.15, 0.2) is 0 Å². The van der Waals surface area contributed by atoms with E-state index in [0.717, 1.165) is 32.4 Å². The molecule has 3 rings (SSSR count). The smallest absolute Gasteiger partial charge is 0.255 e. The second kappa shape index (κ2) is 10.3. The quantitative estimate of drug-likeness (QED) is 0.699. The number of methoxy groups -OCH3 is 1. The predicted molar refractivity (Wildman–Crippen MR) is 119 cm³/mol. The minimum Gasteiger partial charge on any atom is -0.496 e. The maximum atomic E-state index is 12.9. The van der Waals surface area contributed by atoms with E-state index in [1.165, 1.54) is 25.2 Å². The fourth-order valence-electron chi connectivity index (χ4n) is 3.94. The summed E-state index contributed by atoms with van der Waals surface area (Å²) in [5, 5.41) is 5.80. The highest BCUT2D eigenvalue weighted by Crippen LogP contribution is 2.25. The molecule has 2 amide bonds. The van der Waals surface area contributed by atoms with E-state index in [4.69, 9.17) is 4.74 Å². The van der Waals surface area contributed by atoms with Gasteiger partial charge in [-0.15, -0.1) is 0 Å². The van der Waals surface area contributed by atoms with Crippen LogP contribution in [-0.4, -0.2) is 43.0 Å². The summed E-state index contributed by atoms with van der Waals surface area (Å²) < 4.78 is 5.36. The molecule has 0 radical (unpaired) electrons. The minimum atomic E-state index is -0.201. The van der Waals surface area contributed by atoms with E-state index in [1.54, 1.807) is 18.2 Å². The molecule has 0 aromatic heterocycles. The lowest BCUT2D eigenvalue weighted by atomic mass is 9.93. The van der Waals surface area contributed by atoms with Crippen LogP contribution in [-0.2, 0) is 17.8 Å². The molecule has 0 aliphatic carbocycles. The van der Waals surface area contributed by atoms with Crippen LogP contribution in [0.1, 0.15) is 48.2 Å². The Morgan fingerprint density at radius 3 is 2.63 bits per heavy atom. The molecule has 0 bridgehead atoms. The van der Waals surface area contributed by atoms with Crippen molar-refractivity contribution in [3.63, 3.8) is 0 Å². The Morgan fingerprint density at radius 1 is 1.17 bits per heavy atom. The molecular weight excluding hydrogens is 378 g/mol. The Hall–Kier alpha value is -2.86. The largest absolute Gasteiger partial charge is 0.496 e. The van der Waals surface area contributed by atoms with E-state index in [1.807, 2.05) is 0 Å². The summed E-state index contributed by atoms with van der Waals surface area (Å²) in [5.74, 6) is 0.103. The lowest BCUT2D eigenvalue weighted by Gasteiger charge is -2.37. The first-order valence-corrected chi connectivity index (χ1v) is 10.6. The highest BCUT2D eigenvalue weighted by molar-refractivity contribution is 5.99. The highest BCUT2D eigenvalue weighted by atomic mass is 16.5. The number of nitrogens with one attached hydrogen (secondary N) is 2. The average molecular weight is 410 g/mol. The first-order valence-electron chi connectivity index (χ1n) is 10.6. The van der Waals surface area contributed by atoms with E-state index >= 15 is 0 Å². The highest BCUT2D eigenvalue weighted by Gasteiger charge is 2.26. The molecule has 0 spiro atoms. The lowest BCUT2D eigenvalue weighted by Crippen LogP contribution is -2.47. The second-order valence-electron chi connectivity index (χ2n) is 7.76. The molecule has 30 heavy (non-hydrogen) atoms. The Morgan fingerprint density at radius 2 is 1.93 bits per heavy atom. The molecule has 6 nitrogen and oxygen atoms in total. The third kappa shape index (κ3) is 5.39. The summed E-state index contributed by atoms with van der Waals surface area (Å²) in [6.45, 7) is 6.13. The number of benzene rings is 2. The normalized spacial score (nSPS) is 15.9. The van der Waals surface area contributed by atoms with Crippen LogP contribution in [0.4, 0.5) is 5.69 Å². The molecule has 2 N–H and O–H groups in total. The Bertz CT molecular complexity index is 897. The van der Waals surface area contributed by atoms with Crippen LogP contribution in [0, 0.1) is 0 Å². The van der Waals surface area contributed by atoms with Gasteiger partial charge in [0.1, 0.15) is 5.75 Å². The van der Waals surface area contributed by atoms with Crippen LogP contribution in [0.2, 0.25) is 0 Å². The molecule has 160 valence electrons. The minimum absolute atomic E-state index is 0.182. The first-order chi connectivity index (χ1) is 14.5. The summed E-state index contributed by atoms with van der Waals surface area (Å²) >= 11 is 0. The number of anilines is 1. The van der Waals surface area contributed by atoms with Gasteiger partial charge in [-0.2, -0.15) is 0 Å². The maximum absolute atomic E-state index is 12.9. The number of nitrogens with zero attached hydrogens (tertiary/aromatic N) is 1. The van der Waals surface area contributed by atoms with Gasteiger partial charge in [-0.3, -0.25) is 14.5 Å². The number of unbranched alkanes of at least 4 members (excludes halogenated alkanes) is 1. The van der Waals surface area contributed by atoms with E-state index < -0.39 is 0 Å². The lowest BCUT2D eigenvalue weighted by molar-refractivity contribution is -0.114. The van der Waals surface area contributed by atoms with Crippen molar-refractivity contribution < 1.29 is 14.3 Å². The van der Waals surface area contributed by atoms with Crippen LogP contribution >= 0.6 is 0 Å². The van der Waals surface area contributed by atoms with E-state index in [9.17, 15) is 9.59 Å². The third-order valence-corrected chi connectivity index (χ3v) is 5.53. The van der Waals surface area contributed by atoms with Crippen LogP contribution < -0.4 is 15.4 Å². The standard InChI is InChI=1S/C24H31N3O3/c1-4-5-12-27-16-19-9-7-6-8-18(19)13-21(27)15-25-24(29)22-14-20(26-17(2)28)10-11-23(22)30-3/h6-11,14,21H,4-5,12-13,15-16H2,1-3H3,(H,25,29)(H,26,28)/t21-/m0/s1. The van der Waals surface area contributed by atoms with Crippen molar-refractivity contribution in [1.82, 2.24) is 10.2 Å². The van der Waals surface area contributed by atoms with Crippen molar-refractivity contribution in [2.45, 2.75) is 45.7 Å². The Labute approximate surface area is 178 Å². The Balaban J connectivity index is 1.72. The zero-order valence-electron chi connectivity index (χ0n) is 18.0. The van der Waals surface area contributed by atoms with Gasteiger partial charge >= 0.3 is 0 Å². The molecule has 2 aromatic carbocycles. The SMILES string of the molecule is CCCCN1Cc2ccccc2C[C@H]1CNC(=O)c1cc(NC(C)=O)ccc1OC. The van der Waals surface area contributed by atoms with Crippen molar-refractivity contribution in [2.75, 3.05) is 25.5 Å². The van der Waals surface area contributed by atoms with Gasteiger partial charge in [0.05, 0.1) is 12.7 Å². The number of ether oxygens (including phenoxy) is 1. The summed E-state index contributed by atoms with van der Waals surface area (Å²) in [5.41, 5.74) is 3.72. The summed E-state index contributed by atoms with van der Waals surface area (Å²) in [7, 11) is 1.54. The second-order valence-corrected chi connectivity index (χ2v) is 7.76. The van der Waals surface area contributed by atoms with E-state index in [0.29, 0.717) is 23.5 Å². The van der Waals surface area contributed by atoms with Gasteiger partial charge in [-0.1, -0.05) is 37.6 Å². The van der Waals surface area contributed by atoms with Crippen LogP contribution in [0.15, 0.2) is 42.5 Å². The van der Waals surface area contributed by atoms with E-state index in [-0.39, 0.29) is 17.9 Å². The van der Waals surface area contributed by atoms with Crippen molar-refractivity contribution >= 4 is 17.5 Å². The van der Waals surface area contributed by atoms with Crippen LogP contribution in [0.5, 0.6) is 5.75 Å². The molecule has 0 unspecified atom stereocenters. The zero-order chi connectivity index (χ0) is 21.5. The molecule has 0 saturated carbocycles. The number of hydrogen-bond acceptors (Lipinski definition) is 4. The molecule has 1 aliphatic rings. The van der Waals surface area contributed by atoms with Gasteiger partial charge in [-0.05, 0) is 48.7 Å². The summed E-state index contributed by atoms with van der Waals surface area (Å²) in [4.78, 5) is 26.8. The number of rotatable bonds is 8. The molecule has 0 saturated heterocycles. The van der Waals surface area contributed by atoms with Crippen molar-refractivity contribution in [3.8, 4) is 5.75 Å². The number of fused-ring (bicyclic) bond motifs is 1. The topological polar surface area (TPSA) is 70.7 Å². The molecule has 1 atom stereocenters. The van der Waals surface area contributed by atoms with E-state index in [2.05, 4.69) is 46.7 Å². The molecule has 2 aromatic rings. The first kappa shape index (κ1) is 21.8. The monoisotopic (exact) mass is 409 g/mol. The third-order valence-electron chi connectivity index (χ3n) is 5.53. The van der Waals surface area contributed by atoms with Crippen molar-refractivity contribution in [3.05, 3.63) is 59.2 Å². The number of hydrogen-bond donors (Lipinski definition) is 2. The molecule has 1 heterocycles. The molecular formula is C24H31N3O3. The maximum Gasteiger partial charge on any atom is 0.255 e. The van der Waals surface area contributed by atoms with Gasteiger partial charge in [0.2, 0.25) is 5.91 Å². The van der Waals surface area contributed by atoms with Crippen molar-refractivity contribution in [1.29, 1.82) is 0 Å². The number of amides is 2. The molecule has 1 aliphatic heterocycles. The van der Waals surface area contributed by atoms with Gasteiger partial charge in [0.25, 0.3) is 5.91 Å². The van der Waals surface area contributed by atoms with Gasteiger partial charge in [0, 0.05) is 31.7 Å². The Kier molecular flexibility index (Phi) is 7.46. The fraction of sp³-hybridized carbons (Fsp3) is 0.417. The summed E-state index contributed by atoms with van der Waals surface area (Å²) in [6, 6.07) is 13.9. The fourth-order valence-corrected chi connectivity index (χ4v) is 3.94. The molecule has 6 heteroatoms. The predicted octanol–water partition coefficient (Wildman–Crippen LogP) is 3.61.